The van der Waals surface area contributed by atoms with Crippen LogP contribution in [0.5, 0.6) is 5.75 Å². The van der Waals surface area contributed by atoms with E-state index in [1.54, 1.807) is 18.4 Å². The molecule has 0 unspecified atom stereocenters. The molecule has 1 fully saturated rings. The zero-order chi connectivity index (χ0) is 16.4. The summed E-state index contributed by atoms with van der Waals surface area (Å²) in [6.07, 6.45) is 6.01. The number of nitrogens with one attached hydrogen (secondary N) is 2. The van der Waals surface area contributed by atoms with Crippen molar-refractivity contribution in [2.45, 2.75) is 18.9 Å². The second-order valence-corrected chi connectivity index (χ2v) is 6.97. The van der Waals surface area contributed by atoms with Gasteiger partial charge in [0.25, 0.3) is 0 Å². The Morgan fingerprint density at radius 2 is 2.12 bits per heavy atom. The van der Waals surface area contributed by atoms with Crippen LogP contribution >= 0.6 is 11.3 Å². The van der Waals surface area contributed by atoms with Gasteiger partial charge in [-0.3, -0.25) is 4.98 Å². The van der Waals surface area contributed by atoms with Crippen LogP contribution in [0, 0.1) is 0 Å². The number of piperidine rings is 1. The lowest BCUT2D eigenvalue weighted by Crippen LogP contribution is -2.35. The Kier molecular flexibility index (Phi) is 4.32. The molecule has 0 amide bonds. The van der Waals surface area contributed by atoms with Crippen molar-refractivity contribution in [3.63, 3.8) is 0 Å². The van der Waals surface area contributed by atoms with Gasteiger partial charge in [-0.25, -0.2) is 4.98 Å². The number of hydrogen-bond acceptors (Lipinski definition) is 6. The molecule has 1 aliphatic rings. The predicted octanol–water partition coefficient (Wildman–Crippen LogP) is 3.53. The molecule has 0 saturated carbocycles. The minimum atomic E-state index is 0.502. The van der Waals surface area contributed by atoms with Crippen LogP contribution < -0.4 is 15.4 Å². The van der Waals surface area contributed by atoms with Crippen molar-refractivity contribution >= 4 is 27.2 Å². The fourth-order valence-corrected chi connectivity index (χ4v) is 4.00. The third kappa shape index (κ3) is 3.07. The van der Waals surface area contributed by atoms with Gasteiger partial charge in [0.15, 0.2) is 0 Å². The smallest absolute Gasteiger partial charge is 0.128 e. The Balaban J connectivity index is 1.68. The molecule has 24 heavy (non-hydrogen) atoms. The second kappa shape index (κ2) is 6.75. The van der Waals surface area contributed by atoms with Gasteiger partial charge in [0.1, 0.15) is 10.8 Å². The summed E-state index contributed by atoms with van der Waals surface area (Å²) >= 11 is 1.69. The van der Waals surface area contributed by atoms with Crippen LogP contribution in [0.4, 0.5) is 5.69 Å². The molecule has 124 valence electrons. The van der Waals surface area contributed by atoms with Gasteiger partial charge in [0.05, 0.1) is 22.9 Å². The average molecular weight is 340 g/mol. The summed E-state index contributed by atoms with van der Waals surface area (Å²) in [4.78, 5) is 9.10. The first-order chi connectivity index (χ1) is 11.8. The minimum absolute atomic E-state index is 0.502. The summed E-state index contributed by atoms with van der Waals surface area (Å²) < 4.78 is 6.45. The third-order valence-electron chi connectivity index (χ3n) is 4.34. The summed E-state index contributed by atoms with van der Waals surface area (Å²) in [5.74, 6) is 0.832. The van der Waals surface area contributed by atoms with Gasteiger partial charge in [0, 0.05) is 30.2 Å². The van der Waals surface area contributed by atoms with E-state index in [2.05, 4.69) is 21.7 Å². The fraction of sp³-hybridized carbons (Fsp3) is 0.333. The Morgan fingerprint density at radius 1 is 1.25 bits per heavy atom. The maximum atomic E-state index is 5.30. The van der Waals surface area contributed by atoms with E-state index in [-0.39, 0.29) is 0 Å². The summed E-state index contributed by atoms with van der Waals surface area (Å²) in [5, 5.41) is 8.07. The molecule has 2 N–H and O–H groups in total. The summed E-state index contributed by atoms with van der Waals surface area (Å²) in [5.41, 5.74) is 3.14. The van der Waals surface area contributed by atoms with Gasteiger partial charge in [-0.05, 0) is 44.1 Å². The average Bonchev–Trinajstić information content (AvgIpc) is 3.06. The number of rotatable bonds is 4. The highest BCUT2D eigenvalue weighted by Crippen LogP contribution is 2.35. The number of methoxy groups -OCH3 is 1. The largest absolute Gasteiger partial charge is 0.497 e. The molecule has 4 rings (SSSR count). The standard InChI is InChI=1S/C18H20N4OS/c1-23-13-2-3-17-16(10-13)22-18(24-17)14-11-20-9-6-15(14)21-12-4-7-19-8-5-12/h2-3,6,9-12,19H,4-5,7-8H2,1H3,(H,20,21). The highest BCUT2D eigenvalue weighted by atomic mass is 32.1. The number of nitrogens with zero attached hydrogens (tertiary/aromatic N) is 2. The van der Waals surface area contributed by atoms with Crippen LogP contribution in [-0.4, -0.2) is 36.2 Å². The summed E-state index contributed by atoms with van der Waals surface area (Å²) in [6, 6.07) is 8.56. The monoisotopic (exact) mass is 340 g/mol. The van der Waals surface area contributed by atoms with Crippen molar-refractivity contribution in [1.82, 2.24) is 15.3 Å². The van der Waals surface area contributed by atoms with E-state index in [0.29, 0.717) is 6.04 Å². The molecule has 1 aliphatic heterocycles. The lowest BCUT2D eigenvalue weighted by Gasteiger charge is -2.25. The molecule has 2 aromatic heterocycles. The fourth-order valence-electron chi connectivity index (χ4n) is 3.03. The van der Waals surface area contributed by atoms with Gasteiger partial charge in [0.2, 0.25) is 0 Å². The number of hydrogen-bond donors (Lipinski definition) is 2. The first-order valence-corrected chi connectivity index (χ1v) is 9.01. The molecule has 1 aromatic carbocycles. The van der Waals surface area contributed by atoms with Gasteiger partial charge in [-0.15, -0.1) is 11.3 Å². The maximum Gasteiger partial charge on any atom is 0.128 e. The Morgan fingerprint density at radius 3 is 2.96 bits per heavy atom. The topological polar surface area (TPSA) is 59.1 Å². The van der Waals surface area contributed by atoms with Gasteiger partial charge >= 0.3 is 0 Å². The summed E-state index contributed by atoms with van der Waals surface area (Å²) in [7, 11) is 1.68. The van der Waals surface area contributed by atoms with Gasteiger partial charge in [-0.2, -0.15) is 0 Å². The van der Waals surface area contributed by atoms with Crippen molar-refractivity contribution in [3.8, 4) is 16.3 Å². The first-order valence-electron chi connectivity index (χ1n) is 8.20. The molecule has 0 spiro atoms. The van der Waals surface area contributed by atoms with E-state index in [1.807, 2.05) is 30.6 Å². The van der Waals surface area contributed by atoms with Crippen molar-refractivity contribution in [2.24, 2.45) is 0 Å². The molecule has 3 heterocycles. The maximum absolute atomic E-state index is 5.30. The number of benzene rings is 1. The van der Waals surface area contributed by atoms with Gasteiger partial charge < -0.3 is 15.4 Å². The first kappa shape index (κ1) is 15.4. The molecule has 0 aliphatic carbocycles. The molecular formula is C18H20N4OS. The Labute approximate surface area is 145 Å². The molecule has 3 aromatic rings. The SMILES string of the molecule is COc1ccc2sc(-c3cnccc3NC3CCNCC3)nc2c1. The van der Waals surface area contributed by atoms with E-state index in [0.717, 1.165) is 58.2 Å². The Bertz CT molecular complexity index is 842. The zero-order valence-corrected chi connectivity index (χ0v) is 14.4. The summed E-state index contributed by atoms with van der Waals surface area (Å²) in [6.45, 7) is 2.14. The van der Waals surface area contributed by atoms with E-state index in [9.17, 15) is 0 Å². The van der Waals surface area contributed by atoms with Crippen molar-refractivity contribution in [2.75, 3.05) is 25.5 Å². The normalized spacial score (nSPS) is 15.5. The van der Waals surface area contributed by atoms with Crippen LogP contribution in [0.25, 0.3) is 20.8 Å². The molecule has 6 heteroatoms. The Hall–Kier alpha value is -2.18. The molecular weight excluding hydrogens is 320 g/mol. The van der Waals surface area contributed by atoms with Crippen LogP contribution in [0.1, 0.15) is 12.8 Å². The number of fused-ring (bicyclic) bond motifs is 1. The van der Waals surface area contributed by atoms with E-state index >= 15 is 0 Å². The number of thiazole rings is 1. The van der Waals surface area contributed by atoms with Crippen LogP contribution in [-0.2, 0) is 0 Å². The lowest BCUT2D eigenvalue weighted by molar-refractivity contribution is 0.415. The molecule has 1 saturated heterocycles. The zero-order valence-electron chi connectivity index (χ0n) is 13.6. The molecule has 0 atom stereocenters. The van der Waals surface area contributed by atoms with Gasteiger partial charge in [-0.1, -0.05) is 0 Å². The van der Waals surface area contributed by atoms with Crippen LogP contribution in [0.2, 0.25) is 0 Å². The number of ether oxygens (including phenoxy) is 1. The van der Waals surface area contributed by atoms with Crippen LogP contribution in [0.3, 0.4) is 0 Å². The van der Waals surface area contributed by atoms with E-state index < -0.39 is 0 Å². The van der Waals surface area contributed by atoms with Crippen molar-refractivity contribution in [3.05, 3.63) is 36.7 Å². The predicted molar refractivity (Wildman–Crippen MR) is 98.9 cm³/mol. The number of pyridine rings is 1. The molecule has 0 bridgehead atoms. The molecule has 0 radical (unpaired) electrons. The van der Waals surface area contributed by atoms with E-state index in [4.69, 9.17) is 9.72 Å². The van der Waals surface area contributed by atoms with Crippen LogP contribution in [0.15, 0.2) is 36.7 Å². The molecule has 5 nitrogen and oxygen atoms in total. The number of anilines is 1. The van der Waals surface area contributed by atoms with Crippen molar-refractivity contribution in [1.29, 1.82) is 0 Å². The second-order valence-electron chi connectivity index (χ2n) is 5.94. The lowest BCUT2D eigenvalue weighted by atomic mass is 10.1. The highest BCUT2D eigenvalue weighted by molar-refractivity contribution is 7.21. The van der Waals surface area contributed by atoms with E-state index in [1.165, 1.54) is 0 Å². The quantitative estimate of drug-likeness (QED) is 0.761. The van der Waals surface area contributed by atoms with Crippen molar-refractivity contribution < 1.29 is 4.74 Å². The minimum Gasteiger partial charge on any atom is -0.497 e. The third-order valence-corrected chi connectivity index (χ3v) is 5.41. The highest BCUT2D eigenvalue weighted by Gasteiger charge is 2.16. The number of aromatic nitrogens is 2.